The van der Waals surface area contributed by atoms with Gasteiger partial charge in [-0.25, -0.2) is 13.1 Å². The molecule has 182 valence electrons. The molecule has 0 bridgehead atoms. The van der Waals surface area contributed by atoms with Gasteiger partial charge in [-0.15, -0.1) is 0 Å². The molecule has 0 saturated carbocycles. The number of nitrogens with one attached hydrogen (secondary N) is 1. The largest absolute Gasteiger partial charge is 0.497 e. The third-order valence-electron chi connectivity index (χ3n) is 6.07. The summed E-state index contributed by atoms with van der Waals surface area (Å²) in [5.74, 6) is 0.484. The quantitative estimate of drug-likeness (QED) is 0.608. The van der Waals surface area contributed by atoms with Crippen molar-refractivity contribution in [3.63, 3.8) is 0 Å². The lowest BCUT2D eigenvalue weighted by atomic mass is 10.2. The molecule has 0 unspecified atom stereocenters. The molecule has 2 aromatic rings. The van der Waals surface area contributed by atoms with E-state index >= 15 is 0 Å². The predicted octanol–water partition coefficient (Wildman–Crippen LogP) is 1.70. The summed E-state index contributed by atoms with van der Waals surface area (Å²) in [6.07, 6.45) is 0.848. The van der Waals surface area contributed by atoms with E-state index < -0.39 is 10.0 Å². The zero-order valence-corrected chi connectivity index (χ0v) is 20.0. The van der Waals surface area contributed by atoms with Crippen LogP contribution in [0.15, 0.2) is 47.4 Å². The number of sulfonamides is 1. The molecule has 0 spiro atoms. The maximum absolute atomic E-state index is 12.8. The smallest absolute Gasteiger partial charge is 0.240 e. The van der Waals surface area contributed by atoms with Gasteiger partial charge in [-0.2, -0.15) is 0 Å². The van der Waals surface area contributed by atoms with Gasteiger partial charge in [0.15, 0.2) is 0 Å². The van der Waals surface area contributed by atoms with Gasteiger partial charge in [0.05, 0.1) is 25.2 Å². The van der Waals surface area contributed by atoms with E-state index in [0.717, 1.165) is 11.1 Å². The minimum absolute atomic E-state index is 0.0420. The van der Waals surface area contributed by atoms with Crippen molar-refractivity contribution in [1.29, 1.82) is 0 Å². The zero-order valence-electron chi connectivity index (χ0n) is 19.2. The van der Waals surface area contributed by atoms with Crippen molar-refractivity contribution < 1.29 is 27.5 Å². The van der Waals surface area contributed by atoms with Crippen molar-refractivity contribution in [2.75, 3.05) is 44.9 Å². The Labute approximate surface area is 199 Å². The lowest BCUT2D eigenvalue weighted by Crippen LogP contribution is -2.41. The average Bonchev–Trinajstić information content (AvgIpc) is 3.30. The number of hydrogen-bond donors (Lipinski definition) is 1. The summed E-state index contributed by atoms with van der Waals surface area (Å²) in [5, 5.41) is 0. The minimum atomic E-state index is -3.73. The Kier molecular flexibility index (Phi) is 7.50. The number of morpholine rings is 1. The molecule has 0 radical (unpaired) electrons. The number of fused-ring (bicyclic) bond motifs is 1. The van der Waals surface area contributed by atoms with Gasteiger partial charge in [0, 0.05) is 44.7 Å². The number of hydrogen-bond acceptors (Lipinski definition) is 6. The second-order valence-corrected chi connectivity index (χ2v) is 10.0. The second kappa shape index (κ2) is 10.5. The fourth-order valence-electron chi connectivity index (χ4n) is 4.17. The van der Waals surface area contributed by atoms with Crippen molar-refractivity contribution >= 4 is 27.5 Å². The molecule has 2 amide bonds. The van der Waals surface area contributed by atoms with E-state index in [1.165, 1.54) is 6.07 Å². The van der Waals surface area contributed by atoms with E-state index in [1.807, 2.05) is 6.07 Å². The molecular weight excluding hydrogens is 458 g/mol. The van der Waals surface area contributed by atoms with E-state index in [-0.39, 0.29) is 36.1 Å². The Morgan fingerprint density at radius 1 is 1.03 bits per heavy atom. The van der Waals surface area contributed by atoms with Crippen LogP contribution in [-0.2, 0) is 37.3 Å². The number of rotatable bonds is 8. The zero-order chi connectivity index (χ0) is 24.1. The Bertz CT molecular complexity index is 1160. The summed E-state index contributed by atoms with van der Waals surface area (Å²) >= 11 is 0. The Hall–Kier alpha value is -2.95. The van der Waals surface area contributed by atoms with Crippen LogP contribution in [0.3, 0.4) is 0 Å². The SMILES string of the molecule is COc1cccc(CNS(=O)(=O)c2ccc3c(c2)CCN3C(=O)CCC(=O)N2CCOCC2)c1. The highest BCUT2D eigenvalue weighted by Gasteiger charge is 2.27. The topological polar surface area (TPSA) is 105 Å². The number of anilines is 1. The summed E-state index contributed by atoms with van der Waals surface area (Å²) in [6.45, 7) is 2.78. The molecule has 0 atom stereocenters. The maximum Gasteiger partial charge on any atom is 0.240 e. The third kappa shape index (κ3) is 5.57. The molecule has 4 rings (SSSR count). The van der Waals surface area contributed by atoms with Crippen molar-refractivity contribution in [1.82, 2.24) is 9.62 Å². The van der Waals surface area contributed by atoms with Gasteiger partial charge in [0.1, 0.15) is 5.75 Å². The molecule has 1 fully saturated rings. The van der Waals surface area contributed by atoms with E-state index in [2.05, 4.69) is 4.72 Å². The van der Waals surface area contributed by atoms with E-state index in [0.29, 0.717) is 50.7 Å². The number of ether oxygens (including phenoxy) is 2. The molecule has 2 heterocycles. The Balaban J connectivity index is 1.37. The molecule has 0 aromatic heterocycles. The summed E-state index contributed by atoms with van der Waals surface area (Å²) in [6, 6.07) is 12.0. The predicted molar refractivity (Wildman–Crippen MR) is 126 cm³/mol. The van der Waals surface area contributed by atoms with Gasteiger partial charge >= 0.3 is 0 Å². The molecule has 0 aliphatic carbocycles. The van der Waals surface area contributed by atoms with Gasteiger partial charge in [0.25, 0.3) is 0 Å². The standard InChI is InChI=1S/C24H29N3O6S/c1-32-20-4-2-3-18(15-20)17-25-34(30,31)21-5-6-22-19(16-21)9-10-27(22)24(29)8-7-23(28)26-11-13-33-14-12-26/h2-6,15-16,25H,7-14,17H2,1H3. The number of carbonyl (C=O) groups is 2. The van der Waals surface area contributed by atoms with Crippen LogP contribution in [0.1, 0.15) is 24.0 Å². The highest BCUT2D eigenvalue weighted by atomic mass is 32.2. The monoisotopic (exact) mass is 487 g/mol. The fraction of sp³-hybridized carbons (Fsp3) is 0.417. The van der Waals surface area contributed by atoms with Gasteiger partial charge in [-0.1, -0.05) is 12.1 Å². The number of benzene rings is 2. The van der Waals surface area contributed by atoms with Crippen LogP contribution >= 0.6 is 0 Å². The molecule has 34 heavy (non-hydrogen) atoms. The van der Waals surface area contributed by atoms with Crippen LogP contribution in [0.4, 0.5) is 5.69 Å². The van der Waals surface area contributed by atoms with Gasteiger partial charge < -0.3 is 19.3 Å². The first kappa shape index (κ1) is 24.2. The fourth-order valence-corrected chi connectivity index (χ4v) is 5.24. The van der Waals surface area contributed by atoms with Crippen LogP contribution in [0.5, 0.6) is 5.75 Å². The van der Waals surface area contributed by atoms with Crippen LogP contribution in [0.2, 0.25) is 0 Å². The summed E-state index contributed by atoms with van der Waals surface area (Å²) < 4.78 is 38.7. The normalized spacial score (nSPS) is 15.8. The molecule has 9 nitrogen and oxygen atoms in total. The molecule has 2 aliphatic heterocycles. The molecule has 1 N–H and O–H groups in total. The summed E-state index contributed by atoms with van der Waals surface area (Å²) in [7, 11) is -2.17. The first-order valence-electron chi connectivity index (χ1n) is 11.3. The van der Waals surface area contributed by atoms with Crippen LogP contribution in [0.25, 0.3) is 0 Å². The molecule has 2 aromatic carbocycles. The maximum atomic E-state index is 12.8. The van der Waals surface area contributed by atoms with E-state index in [4.69, 9.17) is 9.47 Å². The highest BCUT2D eigenvalue weighted by Crippen LogP contribution is 2.31. The van der Waals surface area contributed by atoms with E-state index in [1.54, 1.807) is 47.2 Å². The van der Waals surface area contributed by atoms with Crippen LogP contribution in [-0.4, -0.2) is 65.1 Å². The lowest BCUT2D eigenvalue weighted by Gasteiger charge is -2.27. The van der Waals surface area contributed by atoms with Crippen molar-refractivity contribution in [2.45, 2.75) is 30.7 Å². The van der Waals surface area contributed by atoms with Crippen LogP contribution < -0.4 is 14.4 Å². The minimum Gasteiger partial charge on any atom is -0.497 e. The molecule has 2 aliphatic rings. The van der Waals surface area contributed by atoms with Crippen molar-refractivity contribution in [2.24, 2.45) is 0 Å². The average molecular weight is 488 g/mol. The number of amides is 2. The van der Waals surface area contributed by atoms with Crippen molar-refractivity contribution in [3.05, 3.63) is 53.6 Å². The lowest BCUT2D eigenvalue weighted by molar-refractivity contribution is -0.136. The Morgan fingerprint density at radius 3 is 2.56 bits per heavy atom. The van der Waals surface area contributed by atoms with Gasteiger partial charge in [0.2, 0.25) is 21.8 Å². The number of nitrogens with zero attached hydrogens (tertiary/aromatic N) is 2. The summed E-state index contributed by atoms with van der Waals surface area (Å²) in [4.78, 5) is 28.6. The van der Waals surface area contributed by atoms with Crippen molar-refractivity contribution in [3.8, 4) is 5.75 Å². The highest BCUT2D eigenvalue weighted by molar-refractivity contribution is 7.89. The molecule has 10 heteroatoms. The number of methoxy groups -OCH3 is 1. The van der Waals surface area contributed by atoms with Crippen LogP contribution in [0, 0.1) is 0 Å². The second-order valence-electron chi connectivity index (χ2n) is 8.26. The molecule has 1 saturated heterocycles. The van der Waals surface area contributed by atoms with Gasteiger partial charge in [-0.3, -0.25) is 9.59 Å². The number of carbonyl (C=O) groups excluding carboxylic acids is 2. The first-order chi connectivity index (χ1) is 16.4. The van der Waals surface area contributed by atoms with Gasteiger partial charge in [-0.05, 0) is 47.9 Å². The summed E-state index contributed by atoms with van der Waals surface area (Å²) in [5.41, 5.74) is 2.29. The first-order valence-corrected chi connectivity index (χ1v) is 12.8. The molecular formula is C24H29N3O6S. The Morgan fingerprint density at radius 2 is 1.79 bits per heavy atom. The van der Waals surface area contributed by atoms with E-state index in [9.17, 15) is 18.0 Å². The third-order valence-corrected chi connectivity index (χ3v) is 7.47.